The molecule has 2 aliphatic heterocycles. The molecule has 2 aliphatic rings. The Labute approximate surface area is 172 Å². The van der Waals surface area contributed by atoms with Crippen molar-refractivity contribution in [2.45, 2.75) is 12.5 Å². The molecule has 2 fully saturated rings. The molecular formula is C18H22F2N4O4S. The van der Waals surface area contributed by atoms with Crippen molar-refractivity contribution in [1.29, 1.82) is 0 Å². The molecule has 0 spiro atoms. The number of ether oxygens (including phenoxy) is 1. The van der Waals surface area contributed by atoms with E-state index in [1.54, 1.807) is 17.0 Å². The highest BCUT2D eigenvalue weighted by Crippen LogP contribution is 2.25. The molecular weight excluding hydrogens is 406 g/mol. The van der Waals surface area contributed by atoms with E-state index >= 15 is 0 Å². The number of aliphatic hydroxyl groups excluding tert-OH is 1. The molecule has 0 radical (unpaired) electrons. The van der Waals surface area contributed by atoms with E-state index in [1.807, 2.05) is 12.1 Å². The molecule has 0 saturated carbocycles. The van der Waals surface area contributed by atoms with Gasteiger partial charge in [0.2, 0.25) is 5.91 Å². The molecule has 0 aromatic heterocycles. The lowest BCUT2D eigenvalue weighted by Gasteiger charge is -2.36. The smallest absolute Gasteiger partial charge is 0.414 e. The van der Waals surface area contributed by atoms with E-state index < -0.39 is 30.2 Å². The fourth-order valence-electron chi connectivity index (χ4n) is 3.29. The van der Waals surface area contributed by atoms with Gasteiger partial charge in [-0.05, 0) is 24.3 Å². The fraction of sp³-hybridized carbons (Fsp3) is 0.500. The van der Waals surface area contributed by atoms with E-state index in [0.29, 0.717) is 31.9 Å². The Kier molecular flexibility index (Phi) is 6.80. The number of nitrogens with one attached hydrogen (secondary N) is 1. The fourth-order valence-corrected chi connectivity index (χ4v) is 3.37. The number of cyclic esters (lactones) is 1. The number of anilines is 2. The van der Waals surface area contributed by atoms with Crippen molar-refractivity contribution in [3.63, 3.8) is 0 Å². The van der Waals surface area contributed by atoms with E-state index in [1.165, 1.54) is 4.90 Å². The summed E-state index contributed by atoms with van der Waals surface area (Å²) in [6, 6.07) is 7.34. The first-order valence-corrected chi connectivity index (χ1v) is 9.57. The lowest BCUT2D eigenvalue weighted by atomic mass is 10.2. The van der Waals surface area contributed by atoms with Crippen molar-refractivity contribution in [3.05, 3.63) is 24.3 Å². The van der Waals surface area contributed by atoms with Crippen molar-refractivity contribution in [2.24, 2.45) is 0 Å². The molecule has 1 atom stereocenters. The van der Waals surface area contributed by atoms with Crippen LogP contribution in [0.2, 0.25) is 0 Å². The summed E-state index contributed by atoms with van der Waals surface area (Å²) in [7, 11) is 0. The summed E-state index contributed by atoms with van der Waals surface area (Å²) in [5, 5.41) is 11.4. The second-order valence-corrected chi connectivity index (χ2v) is 7.14. The molecule has 2 N–H and O–H groups in total. The lowest BCUT2D eigenvalue weighted by Crippen LogP contribution is -2.49. The number of aliphatic hydroxyl groups is 1. The molecule has 8 nitrogen and oxygen atoms in total. The van der Waals surface area contributed by atoms with Crippen LogP contribution in [0.25, 0.3) is 0 Å². The zero-order valence-electron chi connectivity index (χ0n) is 15.6. The molecule has 2 heterocycles. The topological polar surface area (TPSA) is 85.3 Å². The maximum absolute atomic E-state index is 12.4. The van der Waals surface area contributed by atoms with Gasteiger partial charge in [0.05, 0.1) is 13.1 Å². The number of hydrogen-bond acceptors (Lipinski definition) is 6. The summed E-state index contributed by atoms with van der Waals surface area (Å²) in [6.45, 7) is 2.15. The van der Waals surface area contributed by atoms with Gasteiger partial charge in [-0.25, -0.2) is 13.6 Å². The van der Waals surface area contributed by atoms with Gasteiger partial charge in [0.25, 0.3) is 6.43 Å². The van der Waals surface area contributed by atoms with Gasteiger partial charge in [0, 0.05) is 37.6 Å². The standard InChI is InChI=1S/C18H22F2N4O4S/c19-16(20)17(29)21-9-14-10-24(18(27)28-14)13-3-1-12(2-4-13)22-5-7-23(8-6-22)15(26)11-25/h1-4,14,16,25H,5-11H2,(H,21,29)/t14-/m0/s1. The quantitative estimate of drug-likeness (QED) is 0.650. The number of carbonyl (C=O) groups is 2. The molecule has 2 saturated heterocycles. The molecule has 0 bridgehead atoms. The molecule has 11 heteroatoms. The maximum Gasteiger partial charge on any atom is 0.414 e. The van der Waals surface area contributed by atoms with E-state index in [-0.39, 0.29) is 19.0 Å². The lowest BCUT2D eigenvalue weighted by molar-refractivity contribution is -0.134. The number of hydrogen-bond donors (Lipinski definition) is 2. The van der Waals surface area contributed by atoms with Crippen molar-refractivity contribution >= 4 is 40.6 Å². The van der Waals surface area contributed by atoms with E-state index in [4.69, 9.17) is 9.84 Å². The third-order valence-corrected chi connectivity index (χ3v) is 5.19. The molecule has 3 rings (SSSR count). The summed E-state index contributed by atoms with van der Waals surface area (Å²) >= 11 is 4.52. The van der Waals surface area contributed by atoms with Crippen LogP contribution in [0.4, 0.5) is 25.0 Å². The molecule has 2 amide bonds. The first-order chi connectivity index (χ1) is 13.9. The van der Waals surface area contributed by atoms with Crippen molar-refractivity contribution in [3.8, 4) is 0 Å². The molecule has 29 heavy (non-hydrogen) atoms. The number of thiocarbonyl (C=S) groups is 1. The normalized spacial score (nSPS) is 19.5. The van der Waals surface area contributed by atoms with Gasteiger partial charge >= 0.3 is 6.09 Å². The van der Waals surface area contributed by atoms with Gasteiger partial charge in [0.15, 0.2) is 0 Å². The first-order valence-electron chi connectivity index (χ1n) is 9.16. The summed E-state index contributed by atoms with van der Waals surface area (Å²) < 4.78 is 30.1. The SMILES string of the molecule is O=C(CO)N1CCN(c2ccc(N3C[C@H](CNC(=S)C(F)F)OC3=O)cc2)CC1. The number of benzene rings is 1. The Balaban J connectivity index is 1.54. The minimum atomic E-state index is -2.74. The monoisotopic (exact) mass is 428 g/mol. The van der Waals surface area contributed by atoms with Crippen molar-refractivity contribution in [2.75, 3.05) is 55.7 Å². The average Bonchev–Trinajstić information content (AvgIpc) is 3.12. The van der Waals surface area contributed by atoms with Crippen molar-refractivity contribution < 1.29 is 28.2 Å². The molecule has 158 valence electrons. The van der Waals surface area contributed by atoms with Crippen LogP contribution in [-0.4, -0.2) is 85.4 Å². The number of carbonyl (C=O) groups excluding carboxylic acids is 2. The number of amides is 2. The minimum Gasteiger partial charge on any atom is -0.442 e. The average molecular weight is 428 g/mol. The Hall–Kier alpha value is -2.53. The number of rotatable bonds is 6. The minimum absolute atomic E-state index is 0.0281. The Morgan fingerprint density at radius 2 is 1.83 bits per heavy atom. The summed E-state index contributed by atoms with van der Waals surface area (Å²) in [4.78, 5) is 28.3. The highest BCUT2D eigenvalue weighted by Gasteiger charge is 2.32. The predicted octanol–water partition coefficient (Wildman–Crippen LogP) is 0.835. The summed E-state index contributed by atoms with van der Waals surface area (Å²) in [5.74, 6) is -0.272. The van der Waals surface area contributed by atoms with E-state index in [2.05, 4.69) is 22.4 Å². The number of alkyl halides is 2. The summed E-state index contributed by atoms with van der Waals surface area (Å²) in [5.41, 5.74) is 1.60. The first kappa shape index (κ1) is 21.2. The van der Waals surface area contributed by atoms with Crippen molar-refractivity contribution in [1.82, 2.24) is 10.2 Å². The van der Waals surface area contributed by atoms with Crippen LogP contribution in [0.15, 0.2) is 24.3 Å². The largest absolute Gasteiger partial charge is 0.442 e. The predicted molar refractivity (Wildman–Crippen MR) is 107 cm³/mol. The van der Waals surface area contributed by atoms with Gasteiger partial charge in [-0.3, -0.25) is 9.69 Å². The van der Waals surface area contributed by atoms with Gasteiger partial charge < -0.3 is 25.0 Å². The van der Waals surface area contributed by atoms with Gasteiger partial charge in [-0.2, -0.15) is 0 Å². The van der Waals surface area contributed by atoms with Crippen LogP contribution in [0, 0.1) is 0 Å². The number of nitrogens with zero attached hydrogens (tertiary/aromatic N) is 3. The van der Waals surface area contributed by atoms with E-state index in [0.717, 1.165) is 5.69 Å². The third kappa shape index (κ3) is 5.10. The highest BCUT2D eigenvalue weighted by atomic mass is 32.1. The highest BCUT2D eigenvalue weighted by molar-refractivity contribution is 7.80. The number of halogens is 2. The maximum atomic E-state index is 12.4. The molecule has 0 aliphatic carbocycles. The van der Waals surface area contributed by atoms with Crippen LogP contribution in [0.3, 0.4) is 0 Å². The summed E-state index contributed by atoms with van der Waals surface area (Å²) in [6.07, 6.45) is -3.85. The van der Waals surface area contributed by atoms with Crippen LogP contribution in [0.5, 0.6) is 0 Å². The van der Waals surface area contributed by atoms with E-state index in [9.17, 15) is 18.4 Å². The van der Waals surface area contributed by atoms with Crippen LogP contribution in [0.1, 0.15) is 0 Å². The number of piperazine rings is 1. The van der Waals surface area contributed by atoms with Crippen LogP contribution >= 0.6 is 12.2 Å². The molecule has 1 aromatic rings. The van der Waals surface area contributed by atoms with Crippen LogP contribution < -0.4 is 15.1 Å². The Morgan fingerprint density at radius 3 is 2.41 bits per heavy atom. The van der Waals surface area contributed by atoms with Crippen LogP contribution in [-0.2, 0) is 9.53 Å². The molecule has 0 unspecified atom stereocenters. The molecule has 1 aromatic carbocycles. The third-order valence-electron chi connectivity index (χ3n) is 4.87. The van der Waals surface area contributed by atoms with Gasteiger partial charge in [-0.1, -0.05) is 12.2 Å². The Bertz CT molecular complexity index is 757. The zero-order valence-corrected chi connectivity index (χ0v) is 16.4. The Morgan fingerprint density at radius 1 is 1.21 bits per heavy atom. The van der Waals surface area contributed by atoms with Gasteiger partial charge in [-0.15, -0.1) is 0 Å². The zero-order chi connectivity index (χ0) is 21.0. The second kappa shape index (κ2) is 9.31. The van der Waals surface area contributed by atoms with Gasteiger partial charge in [0.1, 0.15) is 17.7 Å². The second-order valence-electron chi connectivity index (χ2n) is 6.70.